The first-order chi connectivity index (χ1) is 7.11. The summed E-state index contributed by atoms with van der Waals surface area (Å²) in [6.07, 6.45) is 6.75. The number of carbonyl (C=O) groups excluding carboxylic acids is 1. The van der Waals surface area contributed by atoms with E-state index in [4.69, 9.17) is 5.11 Å². The average Bonchev–Trinajstić information content (AvgIpc) is 2.26. The van der Waals surface area contributed by atoms with E-state index in [1.54, 1.807) is 7.05 Å². The predicted octanol–water partition coefficient (Wildman–Crippen LogP) is 1.28. The Bertz CT molecular complexity index is 273. The molecule has 4 nitrogen and oxygen atoms in total. The number of carbonyl (C=O) groups is 2. The number of carboxylic acid groups (broad SMARTS) is 1. The van der Waals surface area contributed by atoms with Crippen LogP contribution in [-0.2, 0) is 9.59 Å². The monoisotopic (exact) mass is 211 g/mol. The van der Waals surface area contributed by atoms with E-state index in [0.717, 1.165) is 19.3 Å². The number of hydrogen-bond acceptors (Lipinski definition) is 2. The summed E-state index contributed by atoms with van der Waals surface area (Å²) in [5.74, 6) is -0.743. The second kappa shape index (κ2) is 5.53. The molecule has 1 rings (SSSR count). The second-order valence-electron chi connectivity index (χ2n) is 3.88. The number of hydrogen-bond donors (Lipinski definition) is 1. The second-order valence-corrected chi connectivity index (χ2v) is 3.88. The maximum absolute atomic E-state index is 11.8. The van der Waals surface area contributed by atoms with Crippen molar-refractivity contribution in [3.05, 3.63) is 12.2 Å². The molecule has 0 heterocycles. The Balaban J connectivity index is 2.38. The van der Waals surface area contributed by atoms with Gasteiger partial charge in [0.15, 0.2) is 0 Å². The van der Waals surface area contributed by atoms with Gasteiger partial charge in [0.25, 0.3) is 0 Å². The molecule has 1 N–H and O–H groups in total. The molecule has 0 saturated heterocycles. The van der Waals surface area contributed by atoms with Gasteiger partial charge in [0.2, 0.25) is 5.91 Å². The molecule has 4 heteroatoms. The minimum atomic E-state index is -0.863. The quantitative estimate of drug-likeness (QED) is 0.712. The summed E-state index contributed by atoms with van der Waals surface area (Å²) < 4.78 is 0. The molecule has 0 saturated carbocycles. The summed E-state index contributed by atoms with van der Waals surface area (Å²) in [5.41, 5.74) is 0. The molecule has 0 aromatic rings. The SMILES string of the molecule is CN(CCC(=O)O)C(=O)C1CC=CCC1. The highest BCUT2D eigenvalue weighted by molar-refractivity contribution is 5.79. The summed E-state index contributed by atoms with van der Waals surface area (Å²) in [6.45, 7) is 0.300. The average molecular weight is 211 g/mol. The molecular weight excluding hydrogens is 194 g/mol. The Labute approximate surface area is 89.6 Å². The van der Waals surface area contributed by atoms with Crippen LogP contribution in [0.1, 0.15) is 25.7 Å². The third kappa shape index (κ3) is 3.73. The van der Waals surface area contributed by atoms with E-state index >= 15 is 0 Å². The first-order valence-electron chi connectivity index (χ1n) is 5.23. The van der Waals surface area contributed by atoms with E-state index in [2.05, 4.69) is 6.08 Å². The first kappa shape index (κ1) is 11.8. The highest BCUT2D eigenvalue weighted by Crippen LogP contribution is 2.19. The summed E-state index contributed by atoms with van der Waals surface area (Å²) in [4.78, 5) is 23.7. The van der Waals surface area contributed by atoms with E-state index in [9.17, 15) is 9.59 Å². The Morgan fingerprint density at radius 1 is 1.47 bits per heavy atom. The van der Waals surface area contributed by atoms with Crippen LogP contribution in [0.4, 0.5) is 0 Å². The van der Waals surface area contributed by atoms with Gasteiger partial charge in [-0.2, -0.15) is 0 Å². The fraction of sp³-hybridized carbons (Fsp3) is 0.636. The van der Waals surface area contributed by atoms with Crippen LogP contribution in [0.25, 0.3) is 0 Å². The van der Waals surface area contributed by atoms with Gasteiger partial charge in [-0.1, -0.05) is 12.2 Å². The van der Waals surface area contributed by atoms with Gasteiger partial charge < -0.3 is 10.0 Å². The first-order valence-corrected chi connectivity index (χ1v) is 5.23. The van der Waals surface area contributed by atoms with Gasteiger partial charge in [0, 0.05) is 19.5 Å². The van der Waals surface area contributed by atoms with Gasteiger partial charge in [-0.3, -0.25) is 9.59 Å². The van der Waals surface area contributed by atoms with Gasteiger partial charge in [-0.15, -0.1) is 0 Å². The van der Waals surface area contributed by atoms with Crippen molar-refractivity contribution < 1.29 is 14.7 Å². The van der Waals surface area contributed by atoms with Crippen molar-refractivity contribution >= 4 is 11.9 Å². The van der Waals surface area contributed by atoms with E-state index in [1.807, 2.05) is 6.08 Å². The van der Waals surface area contributed by atoms with E-state index < -0.39 is 5.97 Å². The number of carboxylic acids is 1. The molecule has 0 radical (unpaired) electrons. The molecule has 0 aliphatic heterocycles. The topological polar surface area (TPSA) is 57.6 Å². The summed E-state index contributed by atoms with van der Waals surface area (Å²) >= 11 is 0. The van der Waals surface area contributed by atoms with Gasteiger partial charge in [0.05, 0.1) is 6.42 Å². The van der Waals surface area contributed by atoms with Crippen LogP contribution in [0.3, 0.4) is 0 Å². The Morgan fingerprint density at radius 2 is 2.20 bits per heavy atom. The lowest BCUT2D eigenvalue weighted by Crippen LogP contribution is -2.34. The van der Waals surface area contributed by atoms with Crippen molar-refractivity contribution in [2.45, 2.75) is 25.7 Å². The molecule has 0 aromatic heterocycles. The zero-order chi connectivity index (χ0) is 11.3. The lowest BCUT2D eigenvalue weighted by molar-refractivity contribution is -0.139. The normalized spacial score (nSPS) is 19.9. The molecule has 0 spiro atoms. The van der Waals surface area contributed by atoms with Crippen molar-refractivity contribution in [3.63, 3.8) is 0 Å². The third-order valence-corrected chi connectivity index (χ3v) is 2.66. The maximum Gasteiger partial charge on any atom is 0.305 e. The van der Waals surface area contributed by atoms with Gasteiger partial charge >= 0.3 is 5.97 Å². The van der Waals surface area contributed by atoms with Crippen molar-refractivity contribution in [1.29, 1.82) is 0 Å². The van der Waals surface area contributed by atoms with Gasteiger partial charge in [-0.05, 0) is 19.3 Å². The van der Waals surface area contributed by atoms with Gasteiger partial charge in [-0.25, -0.2) is 0 Å². The largest absolute Gasteiger partial charge is 0.481 e. The fourth-order valence-corrected chi connectivity index (χ4v) is 1.70. The zero-order valence-electron chi connectivity index (χ0n) is 8.98. The van der Waals surface area contributed by atoms with Crippen molar-refractivity contribution in [2.75, 3.05) is 13.6 Å². The summed E-state index contributed by atoms with van der Waals surface area (Å²) in [7, 11) is 1.67. The molecule has 0 aromatic carbocycles. The third-order valence-electron chi connectivity index (χ3n) is 2.66. The smallest absolute Gasteiger partial charge is 0.305 e. The van der Waals surface area contributed by atoms with Crippen LogP contribution >= 0.6 is 0 Å². The predicted molar refractivity (Wildman–Crippen MR) is 56.4 cm³/mol. The van der Waals surface area contributed by atoms with Crippen molar-refractivity contribution in [2.24, 2.45) is 5.92 Å². The molecule has 15 heavy (non-hydrogen) atoms. The molecule has 0 bridgehead atoms. The summed E-state index contributed by atoms with van der Waals surface area (Å²) in [6, 6.07) is 0. The number of rotatable bonds is 4. The van der Waals surface area contributed by atoms with Crippen LogP contribution in [0.15, 0.2) is 12.2 Å². The zero-order valence-corrected chi connectivity index (χ0v) is 8.98. The van der Waals surface area contributed by atoms with Crippen molar-refractivity contribution in [3.8, 4) is 0 Å². The van der Waals surface area contributed by atoms with E-state index in [1.165, 1.54) is 4.90 Å². The molecule has 1 aliphatic rings. The lowest BCUT2D eigenvalue weighted by Gasteiger charge is -2.23. The standard InChI is InChI=1S/C11H17NO3/c1-12(8-7-10(13)14)11(15)9-5-3-2-4-6-9/h2-3,9H,4-8H2,1H3,(H,13,14). The van der Waals surface area contributed by atoms with Gasteiger partial charge in [0.1, 0.15) is 0 Å². The molecule has 1 amide bonds. The maximum atomic E-state index is 11.8. The highest BCUT2D eigenvalue weighted by atomic mass is 16.4. The molecule has 1 atom stereocenters. The lowest BCUT2D eigenvalue weighted by atomic mass is 9.93. The number of allylic oxidation sites excluding steroid dienone is 2. The minimum Gasteiger partial charge on any atom is -0.481 e. The molecular formula is C11H17NO3. The van der Waals surface area contributed by atoms with Crippen LogP contribution in [-0.4, -0.2) is 35.5 Å². The number of nitrogens with zero attached hydrogens (tertiary/aromatic N) is 1. The molecule has 84 valence electrons. The fourth-order valence-electron chi connectivity index (χ4n) is 1.70. The number of aliphatic carboxylic acids is 1. The van der Waals surface area contributed by atoms with E-state index in [-0.39, 0.29) is 18.2 Å². The minimum absolute atomic E-state index is 0.0187. The Morgan fingerprint density at radius 3 is 2.73 bits per heavy atom. The molecule has 0 fully saturated rings. The summed E-state index contributed by atoms with van der Waals surface area (Å²) in [5, 5.41) is 8.51. The molecule has 1 aliphatic carbocycles. The Hall–Kier alpha value is -1.32. The number of amides is 1. The van der Waals surface area contributed by atoms with Crippen LogP contribution < -0.4 is 0 Å². The van der Waals surface area contributed by atoms with Crippen LogP contribution in [0, 0.1) is 5.92 Å². The van der Waals surface area contributed by atoms with E-state index in [0.29, 0.717) is 6.54 Å². The van der Waals surface area contributed by atoms with Crippen molar-refractivity contribution in [1.82, 2.24) is 4.90 Å². The highest BCUT2D eigenvalue weighted by Gasteiger charge is 2.22. The Kier molecular flexibility index (Phi) is 4.34. The van der Waals surface area contributed by atoms with Crippen LogP contribution in [0.5, 0.6) is 0 Å². The van der Waals surface area contributed by atoms with Crippen LogP contribution in [0.2, 0.25) is 0 Å². The molecule has 1 unspecified atom stereocenters.